The summed E-state index contributed by atoms with van der Waals surface area (Å²) in [5, 5.41) is 14.1. The second-order valence-electron chi connectivity index (χ2n) is 5.85. The zero-order chi connectivity index (χ0) is 20.1. The highest BCUT2D eigenvalue weighted by Gasteiger charge is 2.19. The number of ether oxygens (including phenoxy) is 2. The lowest BCUT2D eigenvalue weighted by molar-refractivity contribution is -0.384. The molecule has 3 N–H and O–H groups in total. The highest BCUT2D eigenvalue weighted by Crippen LogP contribution is 2.30. The van der Waals surface area contributed by atoms with Crippen LogP contribution in [0.25, 0.3) is 0 Å². The molecule has 0 spiro atoms. The molecule has 28 heavy (non-hydrogen) atoms. The van der Waals surface area contributed by atoms with Crippen molar-refractivity contribution in [3.63, 3.8) is 0 Å². The van der Waals surface area contributed by atoms with E-state index >= 15 is 0 Å². The van der Waals surface area contributed by atoms with Crippen LogP contribution in [0.3, 0.4) is 0 Å². The fourth-order valence-electron chi connectivity index (χ4n) is 2.73. The summed E-state index contributed by atoms with van der Waals surface area (Å²) < 4.78 is 10.6. The number of nitrogens with zero attached hydrogens (tertiary/aromatic N) is 3. The van der Waals surface area contributed by atoms with E-state index in [0.717, 1.165) is 17.3 Å². The van der Waals surface area contributed by atoms with Crippen LogP contribution >= 0.6 is 0 Å². The minimum atomic E-state index is -0.624. The van der Waals surface area contributed by atoms with Crippen LogP contribution in [0.4, 0.5) is 17.5 Å². The first-order valence-electron chi connectivity index (χ1n) is 8.33. The summed E-state index contributed by atoms with van der Waals surface area (Å²) in [5.41, 5.74) is 7.12. The molecular formula is C19H19N5O4. The summed E-state index contributed by atoms with van der Waals surface area (Å²) in [7, 11) is 3.18. The Hall–Kier alpha value is -3.88. The van der Waals surface area contributed by atoms with Gasteiger partial charge in [-0.05, 0) is 35.4 Å². The summed E-state index contributed by atoms with van der Waals surface area (Å²) in [6.45, 7) is 0. The molecule has 3 rings (SSSR count). The van der Waals surface area contributed by atoms with Gasteiger partial charge in [0.25, 0.3) is 0 Å². The predicted octanol–water partition coefficient (Wildman–Crippen LogP) is 3.19. The van der Waals surface area contributed by atoms with Crippen molar-refractivity contribution >= 4 is 17.5 Å². The van der Waals surface area contributed by atoms with Crippen LogP contribution < -0.4 is 20.5 Å². The normalized spacial score (nSPS) is 10.5. The number of hydrogen-bond donors (Lipinski definition) is 2. The maximum atomic E-state index is 10.9. The van der Waals surface area contributed by atoms with Crippen molar-refractivity contribution in [2.75, 3.05) is 25.3 Å². The lowest BCUT2D eigenvalue weighted by Crippen LogP contribution is -2.15. The number of nitrogens with one attached hydrogen (secondary N) is 1. The van der Waals surface area contributed by atoms with Gasteiger partial charge in [-0.1, -0.05) is 24.3 Å². The summed E-state index contributed by atoms with van der Waals surface area (Å²) in [5.74, 6) is 1.34. The van der Waals surface area contributed by atoms with E-state index in [2.05, 4.69) is 15.3 Å². The van der Waals surface area contributed by atoms with Crippen molar-refractivity contribution in [1.82, 2.24) is 9.97 Å². The molecule has 0 aliphatic rings. The van der Waals surface area contributed by atoms with E-state index in [-0.39, 0.29) is 23.5 Å². The van der Waals surface area contributed by atoms with E-state index in [1.165, 1.54) is 0 Å². The molecule has 3 aromatic rings. The molecule has 144 valence electrons. The van der Waals surface area contributed by atoms with Gasteiger partial charge in [-0.3, -0.25) is 10.1 Å². The molecule has 0 aliphatic heterocycles. The number of methoxy groups -OCH3 is 2. The van der Waals surface area contributed by atoms with Gasteiger partial charge in [0.1, 0.15) is 17.7 Å². The van der Waals surface area contributed by atoms with Crippen molar-refractivity contribution in [2.45, 2.75) is 6.04 Å². The van der Waals surface area contributed by atoms with Crippen LogP contribution in [0.15, 0.2) is 54.7 Å². The average molecular weight is 381 g/mol. The quantitative estimate of drug-likeness (QED) is 0.472. The smallest absolute Gasteiger partial charge is 0.329 e. The van der Waals surface area contributed by atoms with E-state index in [9.17, 15) is 10.1 Å². The van der Waals surface area contributed by atoms with Crippen molar-refractivity contribution in [2.24, 2.45) is 0 Å². The molecule has 0 bridgehead atoms. The Labute approximate surface area is 161 Å². The van der Waals surface area contributed by atoms with E-state index in [1.54, 1.807) is 14.2 Å². The highest BCUT2D eigenvalue weighted by molar-refractivity contribution is 5.54. The van der Waals surface area contributed by atoms with Gasteiger partial charge in [-0.2, -0.15) is 4.98 Å². The Morgan fingerprint density at radius 2 is 1.64 bits per heavy atom. The first-order valence-corrected chi connectivity index (χ1v) is 8.33. The number of hydrogen-bond acceptors (Lipinski definition) is 8. The Kier molecular flexibility index (Phi) is 5.54. The first kappa shape index (κ1) is 18.9. The molecule has 9 heteroatoms. The van der Waals surface area contributed by atoms with Crippen LogP contribution in [0.2, 0.25) is 0 Å². The van der Waals surface area contributed by atoms with Crippen LogP contribution in [0, 0.1) is 10.1 Å². The molecule has 1 aromatic heterocycles. The van der Waals surface area contributed by atoms with Crippen molar-refractivity contribution in [1.29, 1.82) is 0 Å². The molecule has 0 fully saturated rings. The van der Waals surface area contributed by atoms with Crippen LogP contribution in [-0.4, -0.2) is 29.1 Å². The molecule has 0 atom stereocenters. The molecule has 1 heterocycles. The van der Waals surface area contributed by atoms with E-state index in [4.69, 9.17) is 15.2 Å². The molecule has 9 nitrogen and oxygen atoms in total. The third-order valence-electron chi connectivity index (χ3n) is 4.12. The summed E-state index contributed by atoms with van der Waals surface area (Å²) >= 11 is 0. The topological polar surface area (TPSA) is 125 Å². The van der Waals surface area contributed by atoms with Gasteiger partial charge < -0.3 is 20.5 Å². The lowest BCUT2D eigenvalue weighted by Gasteiger charge is -2.21. The molecule has 0 aliphatic carbocycles. The maximum absolute atomic E-state index is 10.9. The van der Waals surface area contributed by atoms with Crippen molar-refractivity contribution in [3.05, 3.63) is 76.0 Å². The van der Waals surface area contributed by atoms with Crippen LogP contribution in [0.1, 0.15) is 17.2 Å². The summed E-state index contributed by atoms with van der Waals surface area (Å²) in [6, 6.07) is 14.7. The fourth-order valence-corrected chi connectivity index (χ4v) is 2.73. The number of anilines is 2. The van der Waals surface area contributed by atoms with Gasteiger partial charge >= 0.3 is 5.69 Å². The molecule has 0 radical (unpaired) electrons. The third kappa shape index (κ3) is 4.09. The average Bonchev–Trinajstić information content (AvgIpc) is 2.71. The second kappa shape index (κ2) is 8.21. The Morgan fingerprint density at radius 1 is 1.07 bits per heavy atom. The minimum Gasteiger partial charge on any atom is -0.497 e. The monoisotopic (exact) mass is 381 g/mol. The molecular weight excluding hydrogens is 362 g/mol. The third-order valence-corrected chi connectivity index (χ3v) is 4.12. The fraction of sp³-hybridized carbons (Fsp3) is 0.158. The molecule has 2 aromatic carbocycles. The van der Waals surface area contributed by atoms with Gasteiger partial charge in [-0.15, -0.1) is 0 Å². The van der Waals surface area contributed by atoms with Gasteiger partial charge in [0.2, 0.25) is 11.8 Å². The maximum Gasteiger partial charge on any atom is 0.329 e. The number of nitrogens with two attached hydrogens (primary N) is 1. The Morgan fingerprint density at radius 3 is 2.11 bits per heavy atom. The minimum absolute atomic E-state index is 0.165. The number of benzene rings is 2. The number of aromatic nitrogens is 2. The predicted molar refractivity (Wildman–Crippen MR) is 105 cm³/mol. The van der Waals surface area contributed by atoms with Gasteiger partial charge in [0.15, 0.2) is 0 Å². The Bertz CT molecular complexity index is 948. The molecule has 0 saturated heterocycles. The van der Waals surface area contributed by atoms with E-state index in [0.29, 0.717) is 11.5 Å². The highest BCUT2D eigenvalue weighted by atomic mass is 16.6. The molecule has 0 amide bonds. The van der Waals surface area contributed by atoms with E-state index < -0.39 is 4.92 Å². The zero-order valence-electron chi connectivity index (χ0n) is 15.3. The number of nitro groups is 1. The van der Waals surface area contributed by atoms with Gasteiger partial charge in [0, 0.05) is 0 Å². The first-order chi connectivity index (χ1) is 13.5. The summed E-state index contributed by atoms with van der Waals surface area (Å²) in [4.78, 5) is 18.4. The van der Waals surface area contributed by atoms with Gasteiger partial charge in [0.05, 0.1) is 25.2 Å². The molecule has 0 saturated carbocycles. The van der Waals surface area contributed by atoms with E-state index in [1.807, 2.05) is 48.5 Å². The lowest BCUT2D eigenvalue weighted by atomic mass is 9.98. The number of rotatable bonds is 7. The van der Waals surface area contributed by atoms with Crippen molar-refractivity contribution < 1.29 is 14.4 Å². The number of nitrogen functional groups attached to an aromatic ring is 1. The Balaban J connectivity index is 2.03. The van der Waals surface area contributed by atoms with Gasteiger partial charge in [-0.25, -0.2) is 4.98 Å². The summed E-state index contributed by atoms with van der Waals surface area (Å²) in [6.07, 6.45) is 1.08. The largest absolute Gasteiger partial charge is 0.497 e. The van der Waals surface area contributed by atoms with Crippen molar-refractivity contribution in [3.8, 4) is 11.5 Å². The molecule has 0 unspecified atom stereocenters. The standard InChI is InChI=1S/C19H19N5O4/c1-27-14-7-3-5-12(9-14)17(13-6-4-8-15(10-13)28-2)22-19-21-11-16(24(25)26)18(20)23-19/h3-11,17H,1-2H3,(H3,20,21,22,23). The zero-order valence-corrected chi connectivity index (χ0v) is 15.3. The second-order valence-corrected chi connectivity index (χ2v) is 5.85. The SMILES string of the molecule is COc1cccc(C(Nc2ncc([N+](=O)[O-])c(N)n2)c2cccc(OC)c2)c1. The van der Waals surface area contributed by atoms with Crippen LogP contribution in [-0.2, 0) is 0 Å². The van der Waals surface area contributed by atoms with Crippen LogP contribution in [0.5, 0.6) is 11.5 Å².